The van der Waals surface area contributed by atoms with Gasteiger partial charge in [-0.3, -0.25) is 0 Å². The SMILES string of the molecule is NC(=O)NCCNC1CCOC1. The number of urea groups is 1. The Bertz CT molecular complexity index is 146. The predicted molar refractivity (Wildman–Crippen MR) is 44.8 cm³/mol. The van der Waals surface area contributed by atoms with Gasteiger partial charge in [0, 0.05) is 25.7 Å². The van der Waals surface area contributed by atoms with Gasteiger partial charge in [0.05, 0.1) is 6.61 Å². The van der Waals surface area contributed by atoms with Crippen LogP contribution in [0.4, 0.5) is 4.79 Å². The predicted octanol–water partition coefficient (Wildman–Crippen LogP) is -0.967. The van der Waals surface area contributed by atoms with Gasteiger partial charge in [0.1, 0.15) is 0 Å². The van der Waals surface area contributed by atoms with Crippen LogP contribution in [-0.2, 0) is 4.74 Å². The second-order valence-electron chi connectivity index (χ2n) is 2.81. The van der Waals surface area contributed by atoms with Crippen LogP contribution >= 0.6 is 0 Å². The summed E-state index contributed by atoms with van der Waals surface area (Å²) in [6, 6.07) is -0.0286. The highest BCUT2D eigenvalue weighted by Gasteiger charge is 2.13. The van der Waals surface area contributed by atoms with Crippen molar-refractivity contribution in [2.24, 2.45) is 5.73 Å². The summed E-state index contributed by atoms with van der Waals surface area (Å²) in [6.45, 7) is 2.93. The van der Waals surface area contributed by atoms with Gasteiger partial charge in [-0.05, 0) is 6.42 Å². The second kappa shape index (κ2) is 4.95. The third-order valence-corrected chi connectivity index (χ3v) is 1.79. The van der Waals surface area contributed by atoms with E-state index < -0.39 is 6.03 Å². The lowest BCUT2D eigenvalue weighted by molar-refractivity contribution is 0.190. The topological polar surface area (TPSA) is 76.4 Å². The number of hydrogen-bond acceptors (Lipinski definition) is 3. The van der Waals surface area contributed by atoms with Crippen molar-refractivity contribution in [3.05, 3.63) is 0 Å². The van der Waals surface area contributed by atoms with Crippen LogP contribution in [0.15, 0.2) is 0 Å². The van der Waals surface area contributed by atoms with E-state index in [4.69, 9.17) is 10.5 Å². The highest BCUT2D eigenvalue weighted by atomic mass is 16.5. The van der Waals surface area contributed by atoms with Crippen LogP contribution in [0, 0.1) is 0 Å². The van der Waals surface area contributed by atoms with Crippen molar-refractivity contribution >= 4 is 6.03 Å². The van der Waals surface area contributed by atoms with Crippen molar-refractivity contribution in [1.82, 2.24) is 10.6 Å². The molecule has 1 rings (SSSR count). The third-order valence-electron chi connectivity index (χ3n) is 1.79. The molecule has 0 saturated carbocycles. The number of nitrogens with one attached hydrogen (secondary N) is 2. The zero-order chi connectivity index (χ0) is 8.81. The van der Waals surface area contributed by atoms with Crippen molar-refractivity contribution in [3.63, 3.8) is 0 Å². The molecule has 0 aliphatic carbocycles. The van der Waals surface area contributed by atoms with Gasteiger partial charge in [-0.2, -0.15) is 0 Å². The number of rotatable bonds is 4. The molecule has 1 unspecified atom stereocenters. The molecule has 5 heteroatoms. The zero-order valence-electron chi connectivity index (χ0n) is 7.01. The van der Waals surface area contributed by atoms with Crippen molar-refractivity contribution in [1.29, 1.82) is 0 Å². The van der Waals surface area contributed by atoms with E-state index in [1.54, 1.807) is 0 Å². The number of carbonyl (C=O) groups excluding carboxylic acids is 1. The molecule has 4 N–H and O–H groups in total. The fourth-order valence-corrected chi connectivity index (χ4v) is 1.16. The largest absolute Gasteiger partial charge is 0.380 e. The summed E-state index contributed by atoms with van der Waals surface area (Å²) in [5.74, 6) is 0. The number of nitrogens with two attached hydrogens (primary N) is 1. The first-order chi connectivity index (χ1) is 5.79. The standard InChI is InChI=1S/C7H15N3O2/c8-7(11)10-3-2-9-6-1-4-12-5-6/h6,9H,1-5H2,(H3,8,10,11). The monoisotopic (exact) mass is 173 g/mol. The van der Waals surface area contributed by atoms with E-state index in [9.17, 15) is 4.79 Å². The molecule has 1 saturated heterocycles. The van der Waals surface area contributed by atoms with Gasteiger partial charge in [-0.15, -0.1) is 0 Å². The molecule has 1 fully saturated rings. The molecule has 1 aliphatic rings. The van der Waals surface area contributed by atoms with E-state index in [1.165, 1.54) is 0 Å². The fourth-order valence-electron chi connectivity index (χ4n) is 1.16. The van der Waals surface area contributed by atoms with E-state index in [0.29, 0.717) is 12.6 Å². The normalized spacial score (nSPS) is 22.5. The second-order valence-corrected chi connectivity index (χ2v) is 2.81. The lowest BCUT2D eigenvalue weighted by Crippen LogP contribution is -2.39. The van der Waals surface area contributed by atoms with Crippen LogP contribution in [-0.4, -0.2) is 38.4 Å². The van der Waals surface area contributed by atoms with Crippen LogP contribution in [0.2, 0.25) is 0 Å². The molecule has 0 radical (unpaired) electrons. The maximum Gasteiger partial charge on any atom is 0.312 e. The molecule has 0 aromatic heterocycles. The Kier molecular flexibility index (Phi) is 3.83. The lowest BCUT2D eigenvalue weighted by Gasteiger charge is -2.09. The van der Waals surface area contributed by atoms with Crippen molar-refractivity contribution in [2.45, 2.75) is 12.5 Å². The fraction of sp³-hybridized carbons (Fsp3) is 0.857. The average molecular weight is 173 g/mol. The summed E-state index contributed by atoms with van der Waals surface area (Å²) in [5.41, 5.74) is 4.88. The van der Waals surface area contributed by atoms with Crippen molar-refractivity contribution in [3.8, 4) is 0 Å². The molecule has 2 amide bonds. The van der Waals surface area contributed by atoms with E-state index >= 15 is 0 Å². The van der Waals surface area contributed by atoms with Crippen LogP contribution in [0.3, 0.4) is 0 Å². The molecular formula is C7H15N3O2. The first-order valence-corrected chi connectivity index (χ1v) is 4.13. The summed E-state index contributed by atoms with van der Waals surface area (Å²) < 4.78 is 5.16. The van der Waals surface area contributed by atoms with Crippen molar-refractivity contribution in [2.75, 3.05) is 26.3 Å². The minimum absolute atomic E-state index is 0.444. The molecule has 0 bridgehead atoms. The Labute approximate surface area is 71.6 Å². The van der Waals surface area contributed by atoms with Gasteiger partial charge in [0.25, 0.3) is 0 Å². The quantitative estimate of drug-likeness (QED) is 0.479. The molecule has 12 heavy (non-hydrogen) atoms. The van der Waals surface area contributed by atoms with E-state index in [2.05, 4.69) is 10.6 Å². The third kappa shape index (κ3) is 3.54. The Morgan fingerprint density at radius 2 is 2.42 bits per heavy atom. The summed E-state index contributed by atoms with van der Waals surface area (Å²) in [7, 11) is 0. The first kappa shape index (κ1) is 9.28. The Morgan fingerprint density at radius 1 is 1.58 bits per heavy atom. The molecule has 1 aliphatic heterocycles. The van der Waals surface area contributed by atoms with Gasteiger partial charge in [0.15, 0.2) is 0 Å². The van der Waals surface area contributed by atoms with Crippen LogP contribution < -0.4 is 16.4 Å². The van der Waals surface area contributed by atoms with E-state index in [0.717, 1.165) is 26.2 Å². The van der Waals surface area contributed by atoms with Crippen LogP contribution in [0.1, 0.15) is 6.42 Å². The Morgan fingerprint density at radius 3 is 3.00 bits per heavy atom. The van der Waals surface area contributed by atoms with E-state index in [1.807, 2.05) is 0 Å². The minimum Gasteiger partial charge on any atom is -0.380 e. The van der Waals surface area contributed by atoms with Gasteiger partial charge < -0.3 is 21.1 Å². The Hall–Kier alpha value is -0.810. The number of hydrogen-bond donors (Lipinski definition) is 3. The van der Waals surface area contributed by atoms with Crippen LogP contribution in [0.25, 0.3) is 0 Å². The first-order valence-electron chi connectivity index (χ1n) is 4.13. The highest BCUT2D eigenvalue weighted by molar-refractivity contribution is 5.71. The molecule has 1 heterocycles. The van der Waals surface area contributed by atoms with Crippen LogP contribution in [0.5, 0.6) is 0 Å². The van der Waals surface area contributed by atoms with Gasteiger partial charge >= 0.3 is 6.03 Å². The summed E-state index contributed by atoms with van der Waals surface area (Å²) in [6.07, 6.45) is 1.05. The summed E-state index contributed by atoms with van der Waals surface area (Å²) in [4.78, 5) is 10.3. The summed E-state index contributed by atoms with van der Waals surface area (Å²) in [5, 5.41) is 5.75. The molecule has 70 valence electrons. The van der Waals surface area contributed by atoms with Crippen molar-refractivity contribution < 1.29 is 9.53 Å². The number of primary amides is 1. The van der Waals surface area contributed by atoms with Gasteiger partial charge in [0.2, 0.25) is 0 Å². The highest BCUT2D eigenvalue weighted by Crippen LogP contribution is 2.01. The number of ether oxygens (including phenoxy) is 1. The molecule has 0 spiro atoms. The maximum absolute atomic E-state index is 10.3. The molecule has 5 nitrogen and oxygen atoms in total. The zero-order valence-corrected chi connectivity index (χ0v) is 7.01. The number of carbonyl (C=O) groups is 1. The lowest BCUT2D eigenvalue weighted by atomic mass is 10.3. The van der Waals surface area contributed by atoms with Gasteiger partial charge in [-0.25, -0.2) is 4.79 Å². The average Bonchev–Trinajstić information content (AvgIpc) is 2.49. The molecule has 1 atom stereocenters. The summed E-state index contributed by atoms with van der Waals surface area (Å²) >= 11 is 0. The smallest absolute Gasteiger partial charge is 0.312 e. The number of amides is 2. The maximum atomic E-state index is 10.3. The van der Waals surface area contributed by atoms with Gasteiger partial charge in [-0.1, -0.05) is 0 Å². The molecule has 0 aromatic carbocycles. The minimum atomic E-state index is -0.473. The molecular weight excluding hydrogens is 158 g/mol. The molecule has 0 aromatic rings. The Balaban J connectivity index is 1.91. The van der Waals surface area contributed by atoms with E-state index in [-0.39, 0.29) is 0 Å².